The molecule has 0 aliphatic carbocycles. The molecule has 0 spiro atoms. The quantitative estimate of drug-likeness (QED) is 0.888. The smallest absolute Gasteiger partial charge is 0.258 e. The van der Waals surface area contributed by atoms with Crippen LogP contribution in [0.1, 0.15) is 31.1 Å². The van der Waals surface area contributed by atoms with Gasteiger partial charge in [-0.1, -0.05) is 18.2 Å². The van der Waals surface area contributed by atoms with Crippen molar-refractivity contribution >= 4 is 5.91 Å². The molecule has 2 aromatic rings. The van der Waals surface area contributed by atoms with Gasteiger partial charge in [0.25, 0.3) is 5.91 Å². The minimum absolute atomic E-state index is 0.00938. The van der Waals surface area contributed by atoms with Gasteiger partial charge in [0, 0.05) is 12.7 Å². The number of carbonyl (C=O) groups is 1. The first kappa shape index (κ1) is 15.1. The van der Waals surface area contributed by atoms with Gasteiger partial charge in [0.15, 0.2) is 6.61 Å². The third kappa shape index (κ3) is 3.84. The second-order valence-corrected chi connectivity index (χ2v) is 4.92. The molecule has 5 nitrogen and oxygen atoms in total. The monoisotopic (exact) mass is 287 g/mol. The van der Waals surface area contributed by atoms with E-state index in [0.717, 1.165) is 23.6 Å². The largest absolute Gasteiger partial charge is 0.484 e. The number of hydrogen-bond acceptors (Lipinski definition) is 3. The van der Waals surface area contributed by atoms with Crippen molar-refractivity contribution in [2.75, 3.05) is 6.61 Å². The Kier molecular flexibility index (Phi) is 4.98. The van der Waals surface area contributed by atoms with Crippen LogP contribution >= 0.6 is 0 Å². The van der Waals surface area contributed by atoms with E-state index in [1.807, 2.05) is 55.8 Å². The van der Waals surface area contributed by atoms with Crippen LogP contribution in [0.25, 0.3) is 0 Å². The van der Waals surface area contributed by atoms with Crippen molar-refractivity contribution in [2.45, 2.75) is 33.4 Å². The number of ether oxygens (including phenoxy) is 1. The van der Waals surface area contributed by atoms with Gasteiger partial charge < -0.3 is 10.1 Å². The molecule has 0 aliphatic rings. The van der Waals surface area contributed by atoms with E-state index in [2.05, 4.69) is 10.4 Å². The van der Waals surface area contributed by atoms with E-state index in [0.29, 0.717) is 0 Å². The van der Waals surface area contributed by atoms with Crippen LogP contribution in [0.3, 0.4) is 0 Å². The number of benzene rings is 1. The molecule has 0 saturated heterocycles. The normalized spacial score (nSPS) is 12.0. The molecule has 0 bridgehead atoms. The van der Waals surface area contributed by atoms with Gasteiger partial charge in [-0.25, -0.2) is 0 Å². The van der Waals surface area contributed by atoms with Crippen LogP contribution in [0.2, 0.25) is 0 Å². The molecule has 1 aromatic heterocycles. The zero-order valence-electron chi connectivity index (χ0n) is 12.7. The molecule has 2 rings (SSSR count). The van der Waals surface area contributed by atoms with E-state index >= 15 is 0 Å². The molecular weight excluding hydrogens is 266 g/mol. The third-order valence-electron chi connectivity index (χ3n) is 3.32. The lowest BCUT2D eigenvalue weighted by Gasteiger charge is -2.16. The zero-order valence-corrected chi connectivity index (χ0v) is 12.7. The van der Waals surface area contributed by atoms with E-state index in [1.165, 1.54) is 0 Å². The lowest BCUT2D eigenvalue weighted by atomic mass is 10.2. The van der Waals surface area contributed by atoms with Crippen molar-refractivity contribution in [3.05, 3.63) is 47.8 Å². The summed E-state index contributed by atoms with van der Waals surface area (Å²) in [6.45, 7) is 6.70. The number of rotatable bonds is 6. The number of nitrogens with one attached hydrogen (secondary N) is 1. The number of aromatic nitrogens is 2. The Morgan fingerprint density at radius 2 is 2.14 bits per heavy atom. The maximum absolute atomic E-state index is 12.0. The molecule has 1 heterocycles. The van der Waals surface area contributed by atoms with Gasteiger partial charge in [0.2, 0.25) is 0 Å². The molecule has 21 heavy (non-hydrogen) atoms. The highest BCUT2D eigenvalue weighted by Crippen LogP contribution is 2.16. The number of amides is 1. The molecule has 0 radical (unpaired) electrons. The van der Waals surface area contributed by atoms with E-state index in [4.69, 9.17) is 4.74 Å². The van der Waals surface area contributed by atoms with E-state index in [1.54, 1.807) is 6.20 Å². The first-order valence-electron chi connectivity index (χ1n) is 7.11. The molecule has 1 aromatic carbocycles. The van der Waals surface area contributed by atoms with Gasteiger partial charge >= 0.3 is 0 Å². The maximum Gasteiger partial charge on any atom is 0.258 e. The zero-order chi connectivity index (χ0) is 15.2. The Hall–Kier alpha value is -2.30. The van der Waals surface area contributed by atoms with Crippen molar-refractivity contribution in [3.8, 4) is 5.75 Å². The van der Waals surface area contributed by atoms with Crippen LogP contribution in [-0.2, 0) is 11.3 Å². The minimum Gasteiger partial charge on any atom is -0.484 e. The topological polar surface area (TPSA) is 56.2 Å². The summed E-state index contributed by atoms with van der Waals surface area (Å²) in [5.41, 5.74) is 2.00. The predicted molar refractivity (Wildman–Crippen MR) is 81.1 cm³/mol. The summed E-state index contributed by atoms with van der Waals surface area (Å²) in [6.07, 6.45) is 1.74. The second kappa shape index (κ2) is 6.92. The summed E-state index contributed by atoms with van der Waals surface area (Å²) < 4.78 is 7.41. The highest BCUT2D eigenvalue weighted by Gasteiger charge is 2.13. The number of nitrogens with zero attached hydrogens (tertiary/aromatic N) is 2. The van der Waals surface area contributed by atoms with Gasteiger partial charge in [-0.05, 0) is 38.5 Å². The Labute approximate surface area is 124 Å². The van der Waals surface area contributed by atoms with Crippen LogP contribution < -0.4 is 10.1 Å². The van der Waals surface area contributed by atoms with Crippen molar-refractivity contribution in [2.24, 2.45) is 0 Å². The Bertz CT molecular complexity index is 607. The van der Waals surface area contributed by atoms with Crippen LogP contribution in [0.15, 0.2) is 36.5 Å². The van der Waals surface area contributed by atoms with Crippen molar-refractivity contribution in [3.63, 3.8) is 0 Å². The molecule has 5 heteroatoms. The molecule has 0 fully saturated rings. The van der Waals surface area contributed by atoms with Crippen LogP contribution in [0.4, 0.5) is 0 Å². The second-order valence-electron chi connectivity index (χ2n) is 4.92. The molecule has 1 unspecified atom stereocenters. The van der Waals surface area contributed by atoms with Gasteiger partial charge in [-0.2, -0.15) is 5.10 Å². The molecule has 1 N–H and O–H groups in total. The number of para-hydroxylation sites is 1. The standard InChI is InChI=1S/C16H21N3O2/c1-4-19-14(9-10-17-19)13(3)18-16(20)11-21-15-8-6-5-7-12(15)2/h5-10,13H,4,11H2,1-3H3,(H,18,20). The van der Waals surface area contributed by atoms with E-state index < -0.39 is 0 Å². The summed E-state index contributed by atoms with van der Waals surface area (Å²) in [7, 11) is 0. The molecule has 1 amide bonds. The van der Waals surface area contributed by atoms with Gasteiger partial charge in [0.05, 0.1) is 11.7 Å². The average molecular weight is 287 g/mol. The number of hydrogen-bond donors (Lipinski definition) is 1. The predicted octanol–water partition coefficient (Wildman–Crippen LogP) is 2.47. The van der Waals surface area contributed by atoms with Gasteiger partial charge in [-0.15, -0.1) is 0 Å². The fourth-order valence-corrected chi connectivity index (χ4v) is 2.19. The minimum atomic E-state index is -0.144. The van der Waals surface area contributed by atoms with Gasteiger partial charge in [0.1, 0.15) is 5.75 Å². The summed E-state index contributed by atoms with van der Waals surface area (Å²) in [6, 6.07) is 9.46. The highest BCUT2D eigenvalue weighted by atomic mass is 16.5. The molecule has 1 atom stereocenters. The molecule has 0 aliphatic heterocycles. The highest BCUT2D eigenvalue weighted by molar-refractivity contribution is 5.78. The summed E-state index contributed by atoms with van der Waals surface area (Å²) in [5, 5.41) is 7.12. The van der Waals surface area contributed by atoms with E-state index in [9.17, 15) is 4.79 Å². The number of aryl methyl sites for hydroxylation is 2. The van der Waals surface area contributed by atoms with Gasteiger partial charge in [-0.3, -0.25) is 9.48 Å². The molecule has 112 valence electrons. The maximum atomic E-state index is 12.0. The molecular formula is C16H21N3O2. The SMILES string of the molecule is CCn1nccc1C(C)NC(=O)COc1ccccc1C. The fourth-order valence-electron chi connectivity index (χ4n) is 2.19. The lowest BCUT2D eigenvalue weighted by molar-refractivity contribution is -0.123. The first-order chi connectivity index (χ1) is 10.1. The Balaban J connectivity index is 1.89. The van der Waals surface area contributed by atoms with Crippen molar-refractivity contribution in [1.82, 2.24) is 15.1 Å². The van der Waals surface area contributed by atoms with Crippen molar-refractivity contribution < 1.29 is 9.53 Å². The average Bonchev–Trinajstić information content (AvgIpc) is 2.95. The lowest BCUT2D eigenvalue weighted by Crippen LogP contribution is -2.32. The summed E-state index contributed by atoms with van der Waals surface area (Å²) in [5.74, 6) is 0.591. The molecule has 0 saturated carbocycles. The van der Waals surface area contributed by atoms with Crippen LogP contribution in [0, 0.1) is 6.92 Å². The first-order valence-corrected chi connectivity index (χ1v) is 7.11. The third-order valence-corrected chi connectivity index (χ3v) is 3.32. The van der Waals surface area contributed by atoms with Crippen LogP contribution in [0.5, 0.6) is 5.75 Å². The Morgan fingerprint density at radius 1 is 1.38 bits per heavy atom. The number of carbonyl (C=O) groups excluding carboxylic acids is 1. The summed E-state index contributed by atoms with van der Waals surface area (Å²) in [4.78, 5) is 12.0. The van der Waals surface area contributed by atoms with Crippen molar-refractivity contribution in [1.29, 1.82) is 0 Å². The fraction of sp³-hybridized carbons (Fsp3) is 0.375. The Morgan fingerprint density at radius 3 is 2.86 bits per heavy atom. The summed E-state index contributed by atoms with van der Waals surface area (Å²) >= 11 is 0. The van der Waals surface area contributed by atoms with Crippen LogP contribution in [-0.4, -0.2) is 22.3 Å². The van der Waals surface area contributed by atoms with E-state index in [-0.39, 0.29) is 18.6 Å².